The van der Waals surface area contributed by atoms with Crippen LogP contribution in [0.3, 0.4) is 0 Å². The van der Waals surface area contributed by atoms with Crippen LogP contribution in [0.4, 0.5) is 0 Å². The average Bonchev–Trinajstić information content (AvgIpc) is 2.86. The van der Waals surface area contributed by atoms with Gasteiger partial charge in [-0.2, -0.15) is 0 Å². The predicted molar refractivity (Wildman–Crippen MR) is 75.4 cm³/mol. The molecule has 5 nitrogen and oxygen atoms in total. The molecule has 0 bridgehead atoms. The molecule has 0 spiro atoms. The Morgan fingerprint density at radius 1 is 1.40 bits per heavy atom. The Hall–Kier alpha value is -2.30. The average molecular weight is 274 g/mol. The highest BCUT2D eigenvalue weighted by molar-refractivity contribution is 5.68. The van der Waals surface area contributed by atoms with Crippen molar-refractivity contribution in [3.05, 3.63) is 42.5 Å². The van der Waals surface area contributed by atoms with Crippen LogP contribution in [-0.4, -0.2) is 27.2 Å². The summed E-state index contributed by atoms with van der Waals surface area (Å²) in [5.74, 6) is -0.469. The van der Waals surface area contributed by atoms with Gasteiger partial charge in [0, 0.05) is 17.7 Å². The third-order valence-electron chi connectivity index (χ3n) is 2.83. The number of carboxylic acid groups (broad SMARTS) is 1. The predicted octanol–water partition coefficient (Wildman–Crippen LogP) is 2.63. The van der Waals surface area contributed by atoms with Gasteiger partial charge in [0.05, 0.1) is 17.7 Å². The van der Waals surface area contributed by atoms with Crippen molar-refractivity contribution < 1.29 is 14.6 Å². The summed E-state index contributed by atoms with van der Waals surface area (Å²) in [6.45, 7) is 5.96. The molecule has 1 aromatic heterocycles. The smallest absolute Gasteiger partial charge is 0.341 e. The molecule has 0 amide bonds. The van der Waals surface area contributed by atoms with Crippen molar-refractivity contribution >= 4 is 5.97 Å². The maximum atomic E-state index is 10.5. The van der Waals surface area contributed by atoms with Gasteiger partial charge in [0.2, 0.25) is 0 Å². The Morgan fingerprint density at radius 3 is 2.75 bits per heavy atom. The Kier molecular flexibility index (Phi) is 3.79. The zero-order valence-electron chi connectivity index (χ0n) is 11.8. The number of hydrogen-bond acceptors (Lipinski definition) is 3. The minimum Gasteiger partial charge on any atom is -0.482 e. The van der Waals surface area contributed by atoms with E-state index in [1.54, 1.807) is 18.5 Å². The van der Waals surface area contributed by atoms with E-state index in [4.69, 9.17) is 9.84 Å². The first-order valence-electron chi connectivity index (χ1n) is 6.36. The van der Waals surface area contributed by atoms with E-state index in [-0.39, 0.29) is 12.0 Å². The molecule has 0 atom stereocenters. The van der Waals surface area contributed by atoms with Gasteiger partial charge in [-0.05, 0) is 12.1 Å². The van der Waals surface area contributed by atoms with Crippen LogP contribution >= 0.6 is 0 Å². The molecule has 0 aliphatic carbocycles. The number of benzene rings is 1. The van der Waals surface area contributed by atoms with Gasteiger partial charge in [0.1, 0.15) is 5.75 Å². The van der Waals surface area contributed by atoms with Gasteiger partial charge < -0.3 is 14.4 Å². The normalized spacial score (nSPS) is 11.3. The van der Waals surface area contributed by atoms with E-state index in [0.717, 1.165) is 11.4 Å². The fraction of sp³-hybridized carbons (Fsp3) is 0.333. The van der Waals surface area contributed by atoms with Gasteiger partial charge in [-0.1, -0.05) is 26.8 Å². The van der Waals surface area contributed by atoms with Crippen LogP contribution in [0.2, 0.25) is 0 Å². The first kappa shape index (κ1) is 14.1. The lowest BCUT2D eigenvalue weighted by atomic mass is 9.93. The van der Waals surface area contributed by atoms with Gasteiger partial charge in [0.25, 0.3) is 0 Å². The Bertz CT molecular complexity index is 612. The maximum absolute atomic E-state index is 10.5. The SMILES string of the molecule is CC(C)(C)c1cn(-c2cccc(OCC(=O)O)c2)cn1. The molecule has 2 aromatic rings. The summed E-state index contributed by atoms with van der Waals surface area (Å²) in [7, 11) is 0. The van der Waals surface area contributed by atoms with Crippen LogP contribution in [-0.2, 0) is 10.2 Å². The van der Waals surface area contributed by atoms with Crippen molar-refractivity contribution in [3.8, 4) is 11.4 Å². The monoisotopic (exact) mass is 274 g/mol. The Morgan fingerprint density at radius 2 is 2.15 bits per heavy atom. The fourth-order valence-electron chi connectivity index (χ4n) is 1.73. The number of nitrogens with zero attached hydrogens (tertiary/aromatic N) is 2. The van der Waals surface area contributed by atoms with Crippen LogP contribution < -0.4 is 4.74 Å². The molecule has 1 N–H and O–H groups in total. The van der Waals surface area contributed by atoms with E-state index < -0.39 is 5.97 Å². The number of imidazole rings is 1. The highest BCUT2D eigenvalue weighted by Gasteiger charge is 2.16. The van der Waals surface area contributed by atoms with Gasteiger partial charge >= 0.3 is 5.97 Å². The van der Waals surface area contributed by atoms with Crippen molar-refractivity contribution in [1.29, 1.82) is 0 Å². The standard InChI is InChI=1S/C15H18N2O3/c1-15(2,3)13-8-17(10-16-13)11-5-4-6-12(7-11)20-9-14(18)19/h4-8,10H,9H2,1-3H3,(H,18,19). The van der Waals surface area contributed by atoms with E-state index in [0.29, 0.717) is 5.75 Å². The topological polar surface area (TPSA) is 64.3 Å². The van der Waals surface area contributed by atoms with Crippen molar-refractivity contribution in [2.24, 2.45) is 0 Å². The fourth-order valence-corrected chi connectivity index (χ4v) is 1.73. The summed E-state index contributed by atoms with van der Waals surface area (Å²) in [5.41, 5.74) is 1.87. The highest BCUT2D eigenvalue weighted by atomic mass is 16.5. The molecular formula is C15H18N2O3. The van der Waals surface area contributed by atoms with Crippen molar-refractivity contribution in [1.82, 2.24) is 9.55 Å². The minimum absolute atomic E-state index is 0.0112. The van der Waals surface area contributed by atoms with Crippen molar-refractivity contribution in [3.63, 3.8) is 0 Å². The van der Waals surface area contributed by atoms with Crippen LogP contribution in [0.5, 0.6) is 5.75 Å². The molecular weight excluding hydrogens is 256 g/mol. The lowest BCUT2D eigenvalue weighted by molar-refractivity contribution is -0.139. The number of aliphatic carboxylic acids is 1. The molecule has 1 aromatic carbocycles. The summed E-state index contributed by atoms with van der Waals surface area (Å²) >= 11 is 0. The minimum atomic E-state index is -0.993. The second kappa shape index (κ2) is 5.36. The summed E-state index contributed by atoms with van der Waals surface area (Å²) in [6, 6.07) is 7.26. The van der Waals surface area contributed by atoms with Gasteiger partial charge in [0.15, 0.2) is 6.61 Å². The first-order valence-corrected chi connectivity index (χ1v) is 6.36. The van der Waals surface area contributed by atoms with E-state index in [2.05, 4.69) is 25.8 Å². The molecule has 106 valence electrons. The third-order valence-corrected chi connectivity index (χ3v) is 2.83. The number of rotatable bonds is 4. The second-order valence-corrected chi connectivity index (χ2v) is 5.60. The summed E-state index contributed by atoms with van der Waals surface area (Å²) in [6.07, 6.45) is 3.72. The molecule has 0 saturated heterocycles. The van der Waals surface area contributed by atoms with E-state index in [1.165, 1.54) is 0 Å². The Labute approximate surface area is 117 Å². The van der Waals surface area contributed by atoms with Crippen LogP contribution in [0.1, 0.15) is 26.5 Å². The molecule has 20 heavy (non-hydrogen) atoms. The van der Waals surface area contributed by atoms with Crippen LogP contribution in [0, 0.1) is 0 Å². The quantitative estimate of drug-likeness (QED) is 0.930. The van der Waals surface area contributed by atoms with Gasteiger partial charge in [-0.25, -0.2) is 9.78 Å². The highest BCUT2D eigenvalue weighted by Crippen LogP contribution is 2.22. The summed E-state index contributed by atoms with van der Waals surface area (Å²) in [4.78, 5) is 14.9. The molecule has 0 aliphatic rings. The molecule has 0 unspecified atom stereocenters. The lowest BCUT2D eigenvalue weighted by Gasteiger charge is -2.14. The molecule has 5 heteroatoms. The molecule has 0 fully saturated rings. The Balaban J connectivity index is 2.22. The molecule has 0 radical (unpaired) electrons. The zero-order valence-corrected chi connectivity index (χ0v) is 11.8. The van der Waals surface area contributed by atoms with E-state index >= 15 is 0 Å². The zero-order chi connectivity index (χ0) is 14.8. The lowest BCUT2D eigenvalue weighted by Crippen LogP contribution is -2.11. The van der Waals surface area contributed by atoms with Crippen molar-refractivity contribution in [2.45, 2.75) is 26.2 Å². The van der Waals surface area contributed by atoms with Crippen molar-refractivity contribution in [2.75, 3.05) is 6.61 Å². The molecule has 2 rings (SSSR count). The molecule has 0 aliphatic heterocycles. The summed E-state index contributed by atoms with van der Waals surface area (Å²) < 4.78 is 7.07. The first-order chi connectivity index (χ1) is 9.36. The number of ether oxygens (including phenoxy) is 1. The van der Waals surface area contributed by atoms with Gasteiger partial charge in [-0.3, -0.25) is 0 Å². The van der Waals surface area contributed by atoms with Crippen LogP contribution in [0.15, 0.2) is 36.8 Å². The number of hydrogen-bond donors (Lipinski definition) is 1. The third kappa shape index (κ3) is 3.38. The maximum Gasteiger partial charge on any atom is 0.341 e. The van der Waals surface area contributed by atoms with E-state index in [9.17, 15) is 4.79 Å². The number of aromatic nitrogens is 2. The summed E-state index contributed by atoms with van der Waals surface area (Å²) in [5, 5.41) is 8.61. The van der Waals surface area contributed by atoms with Gasteiger partial charge in [-0.15, -0.1) is 0 Å². The second-order valence-electron chi connectivity index (χ2n) is 5.60. The van der Waals surface area contributed by atoms with E-state index in [1.807, 2.05) is 22.9 Å². The number of carbonyl (C=O) groups is 1. The number of carboxylic acids is 1. The molecule has 0 saturated carbocycles. The largest absolute Gasteiger partial charge is 0.482 e. The van der Waals surface area contributed by atoms with Crippen LogP contribution in [0.25, 0.3) is 5.69 Å². The molecule has 1 heterocycles.